The van der Waals surface area contributed by atoms with Crippen LogP contribution in [0.4, 0.5) is 0 Å². The van der Waals surface area contributed by atoms with Gasteiger partial charge in [-0.1, -0.05) is 0 Å². The average Bonchev–Trinajstić information content (AvgIpc) is 3.14. The molecule has 3 heterocycles. The summed E-state index contributed by atoms with van der Waals surface area (Å²) in [6.45, 7) is 4.36. The Morgan fingerprint density at radius 3 is 2.80 bits per heavy atom. The Morgan fingerprint density at radius 2 is 2.20 bits per heavy atom. The molecule has 7 nitrogen and oxygen atoms in total. The lowest BCUT2D eigenvalue weighted by molar-refractivity contribution is -0.152. The van der Waals surface area contributed by atoms with E-state index < -0.39 is 11.3 Å². The minimum absolute atomic E-state index is 0.00208. The largest absolute Gasteiger partial charge is 0.338 e. The first kappa shape index (κ1) is 17.9. The fraction of sp³-hybridized carbons (Fsp3) is 0.588. The summed E-state index contributed by atoms with van der Waals surface area (Å²) < 4.78 is 5.95. The van der Waals surface area contributed by atoms with E-state index in [-0.39, 0.29) is 24.3 Å². The Balaban J connectivity index is 1.63. The SMILES string of the molecule is CN(CC(=O)N1CCCC2(C1)NC(=O)C(C)(C)O2)C(=O)c1ccsc1. The fourth-order valence-electron chi connectivity index (χ4n) is 3.32. The standard InChI is InChI=1S/C17H23N3O4S/c1-16(2)15(23)18-17(24-16)6-4-7-20(11-17)13(21)9-19(3)14(22)12-5-8-25-10-12/h5,8,10H,4,6-7,9,11H2,1-3H3,(H,18,23). The number of nitrogens with zero attached hydrogens (tertiary/aromatic N) is 2. The molecule has 1 atom stereocenters. The van der Waals surface area contributed by atoms with Crippen molar-refractivity contribution < 1.29 is 19.1 Å². The summed E-state index contributed by atoms with van der Waals surface area (Å²) in [5.74, 6) is -0.480. The second-order valence-corrected chi connectivity index (χ2v) is 7.93. The van der Waals surface area contributed by atoms with Gasteiger partial charge in [0.05, 0.1) is 18.7 Å². The maximum atomic E-state index is 12.6. The Labute approximate surface area is 150 Å². The van der Waals surface area contributed by atoms with Crippen molar-refractivity contribution >= 4 is 29.1 Å². The molecule has 0 bridgehead atoms. The van der Waals surface area contributed by atoms with Crippen molar-refractivity contribution in [2.75, 3.05) is 26.7 Å². The van der Waals surface area contributed by atoms with Gasteiger partial charge in [-0.3, -0.25) is 14.4 Å². The number of amides is 3. The van der Waals surface area contributed by atoms with E-state index in [1.807, 2.05) is 5.38 Å². The van der Waals surface area contributed by atoms with Gasteiger partial charge in [-0.25, -0.2) is 0 Å². The molecule has 1 N–H and O–H groups in total. The first-order chi connectivity index (χ1) is 11.7. The molecule has 0 saturated carbocycles. The molecule has 136 valence electrons. The van der Waals surface area contributed by atoms with Gasteiger partial charge in [-0.05, 0) is 38.1 Å². The summed E-state index contributed by atoms with van der Waals surface area (Å²) in [6, 6.07) is 1.74. The number of likely N-dealkylation sites (tertiary alicyclic amines) is 1. The van der Waals surface area contributed by atoms with Gasteiger partial charge >= 0.3 is 0 Å². The highest BCUT2D eigenvalue weighted by Crippen LogP contribution is 2.33. The number of likely N-dealkylation sites (N-methyl/N-ethyl adjacent to an activating group) is 1. The van der Waals surface area contributed by atoms with E-state index in [1.165, 1.54) is 16.2 Å². The lowest BCUT2D eigenvalue weighted by Crippen LogP contribution is -2.58. The molecule has 1 unspecified atom stereocenters. The van der Waals surface area contributed by atoms with Crippen LogP contribution in [0.15, 0.2) is 16.8 Å². The van der Waals surface area contributed by atoms with Crippen molar-refractivity contribution in [2.45, 2.75) is 38.0 Å². The van der Waals surface area contributed by atoms with Crippen molar-refractivity contribution in [1.29, 1.82) is 0 Å². The van der Waals surface area contributed by atoms with E-state index in [2.05, 4.69) is 5.32 Å². The van der Waals surface area contributed by atoms with Gasteiger partial charge in [0.15, 0.2) is 5.72 Å². The predicted octanol–water partition coefficient (Wildman–Crippen LogP) is 1.06. The van der Waals surface area contributed by atoms with Crippen LogP contribution < -0.4 is 5.32 Å². The number of nitrogens with one attached hydrogen (secondary N) is 1. The molecule has 2 fully saturated rings. The summed E-state index contributed by atoms with van der Waals surface area (Å²) in [5, 5.41) is 6.51. The lowest BCUT2D eigenvalue weighted by atomic mass is 10.0. The number of hydrogen-bond acceptors (Lipinski definition) is 5. The molecule has 0 radical (unpaired) electrons. The highest BCUT2D eigenvalue weighted by Gasteiger charge is 2.52. The summed E-state index contributed by atoms with van der Waals surface area (Å²) in [4.78, 5) is 40.1. The van der Waals surface area contributed by atoms with Gasteiger partial charge in [-0.15, -0.1) is 0 Å². The van der Waals surface area contributed by atoms with Gasteiger partial charge in [0.1, 0.15) is 5.60 Å². The molecular formula is C17H23N3O4S. The maximum Gasteiger partial charge on any atom is 0.254 e. The Morgan fingerprint density at radius 1 is 1.44 bits per heavy atom. The Hall–Kier alpha value is -1.93. The molecule has 0 aliphatic carbocycles. The third-order valence-electron chi connectivity index (χ3n) is 4.63. The van der Waals surface area contributed by atoms with Crippen LogP contribution in [-0.4, -0.2) is 65.5 Å². The molecule has 3 amide bonds. The Kier molecular flexibility index (Phi) is 4.59. The van der Waals surface area contributed by atoms with E-state index in [0.29, 0.717) is 25.1 Å². The third-order valence-corrected chi connectivity index (χ3v) is 5.32. The predicted molar refractivity (Wildman–Crippen MR) is 93.1 cm³/mol. The molecule has 1 aromatic heterocycles. The van der Waals surface area contributed by atoms with E-state index in [9.17, 15) is 14.4 Å². The fourth-order valence-corrected chi connectivity index (χ4v) is 3.95. The second-order valence-electron chi connectivity index (χ2n) is 7.15. The zero-order valence-electron chi connectivity index (χ0n) is 14.7. The van der Waals surface area contributed by atoms with Gasteiger partial charge in [0.25, 0.3) is 11.8 Å². The summed E-state index contributed by atoms with van der Waals surface area (Å²) in [6.07, 6.45) is 1.42. The summed E-state index contributed by atoms with van der Waals surface area (Å²) >= 11 is 1.45. The van der Waals surface area contributed by atoms with Crippen LogP contribution in [0.25, 0.3) is 0 Å². The monoisotopic (exact) mass is 365 g/mol. The van der Waals surface area contributed by atoms with Crippen LogP contribution in [0, 0.1) is 0 Å². The first-order valence-electron chi connectivity index (χ1n) is 8.31. The van der Waals surface area contributed by atoms with E-state index in [4.69, 9.17) is 4.74 Å². The molecular weight excluding hydrogens is 342 g/mol. The molecule has 2 saturated heterocycles. The number of rotatable bonds is 3. The zero-order chi connectivity index (χ0) is 18.2. The molecule has 8 heteroatoms. The number of carbonyl (C=O) groups excluding carboxylic acids is 3. The molecule has 2 aliphatic rings. The van der Waals surface area contributed by atoms with Crippen LogP contribution in [0.1, 0.15) is 37.0 Å². The van der Waals surface area contributed by atoms with Crippen molar-refractivity contribution in [3.05, 3.63) is 22.4 Å². The number of carbonyl (C=O) groups is 3. The molecule has 25 heavy (non-hydrogen) atoms. The maximum absolute atomic E-state index is 12.6. The van der Waals surface area contributed by atoms with Crippen molar-refractivity contribution in [3.63, 3.8) is 0 Å². The molecule has 3 rings (SSSR count). The highest BCUT2D eigenvalue weighted by atomic mass is 32.1. The van der Waals surface area contributed by atoms with E-state index in [1.54, 1.807) is 37.2 Å². The lowest BCUT2D eigenvalue weighted by Gasteiger charge is -2.40. The van der Waals surface area contributed by atoms with E-state index >= 15 is 0 Å². The van der Waals surface area contributed by atoms with Crippen LogP contribution in [-0.2, 0) is 14.3 Å². The second kappa shape index (κ2) is 6.42. The molecule has 0 aromatic carbocycles. The van der Waals surface area contributed by atoms with Crippen molar-refractivity contribution in [2.24, 2.45) is 0 Å². The number of hydrogen-bond donors (Lipinski definition) is 1. The van der Waals surface area contributed by atoms with Crippen molar-refractivity contribution in [3.8, 4) is 0 Å². The smallest absolute Gasteiger partial charge is 0.254 e. The van der Waals surface area contributed by atoms with Crippen LogP contribution in [0.2, 0.25) is 0 Å². The molecule has 1 spiro atoms. The normalized spacial score (nSPS) is 25.1. The van der Waals surface area contributed by atoms with Crippen molar-refractivity contribution in [1.82, 2.24) is 15.1 Å². The quantitative estimate of drug-likeness (QED) is 0.869. The third kappa shape index (κ3) is 3.55. The average molecular weight is 365 g/mol. The molecule has 1 aromatic rings. The highest BCUT2D eigenvalue weighted by molar-refractivity contribution is 7.08. The Bertz CT molecular complexity index is 688. The van der Waals surface area contributed by atoms with Crippen LogP contribution >= 0.6 is 11.3 Å². The first-order valence-corrected chi connectivity index (χ1v) is 9.25. The number of thiophene rings is 1. The molecule has 2 aliphatic heterocycles. The number of ether oxygens (including phenoxy) is 1. The van der Waals surface area contributed by atoms with Gasteiger partial charge < -0.3 is 19.9 Å². The van der Waals surface area contributed by atoms with Gasteiger partial charge in [0, 0.05) is 19.0 Å². The minimum atomic E-state index is -0.891. The number of piperidine rings is 1. The van der Waals surface area contributed by atoms with Gasteiger partial charge in [-0.2, -0.15) is 11.3 Å². The zero-order valence-corrected chi connectivity index (χ0v) is 15.5. The van der Waals surface area contributed by atoms with Crippen LogP contribution in [0.5, 0.6) is 0 Å². The topological polar surface area (TPSA) is 79.0 Å². The van der Waals surface area contributed by atoms with Crippen LogP contribution in [0.3, 0.4) is 0 Å². The summed E-state index contributed by atoms with van der Waals surface area (Å²) in [5.41, 5.74) is -1.12. The summed E-state index contributed by atoms with van der Waals surface area (Å²) in [7, 11) is 1.62. The van der Waals surface area contributed by atoms with E-state index in [0.717, 1.165) is 6.42 Å². The van der Waals surface area contributed by atoms with Gasteiger partial charge in [0.2, 0.25) is 5.91 Å². The minimum Gasteiger partial charge on any atom is -0.338 e.